The Morgan fingerprint density at radius 2 is 1.66 bits per heavy atom. The van der Waals surface area contributed by atoms with Crippen LogP contribution < -0.4 is 4.74 Å². The zero-order valence-corrected chi connectivity index (χ0v) is 20.5. The van der Waals surface area contributed by atoms with Crippen molar-refractivity contribution >= 4 is 67.4 Å². The summed E-state index contributed by atoms with van der Waals surface area (Å²) in [6, 6.07) is 17.4. The van der Waals surface area contributed by atoms with Crippen LogP contribution in [0.25, 0.3) is 6.08 Å². The van der Waals surface area contributed by atoms with Crippen molar-refractivity contribution in [3.8, 4) is 5.75 Å². The van der Waals surface area contributed by atoms with E-state index in [4.69, 9.17) is 21.1 Å². The normalized spacial score (nSPS) is 14.3. The fourth-order valence-electron chi connectivity index (χ4n) is 2.88. The first-order valence-electron chi connectivity index (χ1n) is 9.36. The quantitative estimate of drug-likeness (QED) is 0.196. The molecule has 0 bridgehead atoms. The van der Waals surface area contributed by atoms with Gasteiger partial charge in [0, 0.05) is 10.6 Å². The lowest BCUT2D eigenvalue weighted by molar-refractivity contribution is -0.129. The maximum atomic E-state index is 12.4. The van der Waals surface area contributed by atoms with Gasteiger partial charge in [0.25, 0.3) is 0 Å². The van der Waals surface area contributed by atoms with Gasteiger partial charge in [-0.25, -0.2) is 14.6 Å². The molecule has 8 heteroatoms. The molecule has 0 saturated carbocycles. The molecule has 4 rings (SSSR count). The van der Waals surface area contributed by atoms with Gasteiger partial charge in [-0.05, 0) is 99.0 Å². The average Bonchev–Trinajstić information content (AvgIpc) is 3.11. The third kappa shape index (κ3) is 5.01. The number of hydrogen-bond acceptors (Lipinski definition) is 5. The molecule has 3 aromatic carbocycles. The van der Waals surface area contributed by atoms with E-state index in [-0.39, 0.29) is 11.6 Å². The zero-order valence-electron chi connectivity index (χ0n) is 16.6. The van der Waals surface area contributed by atoms with E-state index >= 15 is 0 Å². The van der Waals surface area contributed by atoms with Crippen LogP contribution in [0, 0.1) is 6.92 Å². The van der Waals surface area contributed by atoms with Gasteiger partial charge in [-0.2, -0.15) is 0 Å². The van der Waals surface area contributed by atoms with Gasteiger partial charge < -0.3 is 9.47 Å². The second-order valence-electron chi connectivity index (χ2n) is 6.91. The van der Waals surface area contributed by atoms with E-state index in [2.05, 4.69) is 36.9 Å². The van der Waals surface area contributed by atoms with Crippen LogP contribution >= 0.6 is 43.5 Å². The standard InChI is InChI=1S/C24H14Br2ClNO4/c1-13-2-4-15(5-3-13)22-28-20(24(30)32-22)12-14-10-18(25)21(19(26)11-14)31-23(29)16-6-8-17(27)9-7-16/h2-12H,1H3/b20-12-. The maximum Gasteiger partial charge on any atom is 0.363 e. The number of rotatable bonds is 4. The van der Waals surface area contributed by atoms with E-state index in [9.17, 15) is 9.59 Å². The number of halogens is 3. The van der Waals surface area contributed by atoms with E-state index in [1.54, 1.807) is 42.5 Å². The highest BCUT2D eigenvalue weighted by Crippen LogP contribution is 2.36. The summed E-state index contributed by atoms with van der Waals surface area (Å²) in [6.45, 7) is 1.98. The predicted molar refractivity (Wildman–Crippen MR) is 130 cm³/mol. The van der Waals surface area contributed by atoms with Crippen molar-refractivity contribution in [1.82, 2.24) is 0 Å². The molecule has 0 amide bonds. The molecule has 0 atom stereocenters. The fraction of sp³-hybridized carbons (Fsp3) is 0.0417. The Bertz CT molecular complexity index is 1260. The van der Waals surface area contributed by atoms with Gasteiger partial charge in [-0.1, -0.05) is 29.3 Å². The van der Waals surface area contributed by atoms with E-state index in [0.717, 1.165) is 11.1 Å². The van der Waals surface area contributed by atoms with Gasteiger partial charge in [-0.3, -0.25) is 0 Å². The first-order chi connectivity index (χ1) is 15.3. The van der Waals surface area contributed by atoms with Crippen LogP contribution in [-0.4, -0.2) is 17.8 Å². The predicted octanol–water partition coefficient (Wildman–Crippen LogP) is 6.74. The van der Waals surface area contributed by atoms with Crippen LogP contribution in [0.3, 0.4) is 0 Å². The smallest absolute Gasteiger partial charge is 0.363 e. The molecule has 0 radical (unpaired) electrons. The molecule has 5 nitrogen and oxygen atoms in total. The molecule has 0 unspecified atom stereocenters. The number of cyclic esters (lactones) is 1. The van der Waals surface area contributed by atoms with E-state index in [1.807, 2.05) is 31.2 Å². The SMILES string of the molecule is Cc1ccc(C2=N/C(=C\c3cc(Br)c(OC(=O)c4ccc(Cl)cc4)c(Br)c3)C(=O)O2)cc1. The van der Waals surface area contributed by atoms with Crippen molar-refractivity contribution in [1.29, 1.82) is 0 Å². The first kappa shape index (κ1) is 22.5. The third-order valence-electron chi connectivity index (χ3n) is 4.52. The van der Waals surface area contributed by atoms with Crippen molar-refractivity contribution in [2.75, 3.05) is 0 Å². The summed E-state index contributed by atoms with van der Waals surface area (Å²) in [5.41, 5.74) is 3.02. The average molecular weight is 576 g/mol. The lowest BCUT2D eigenvalue weighted by Crippen LogP contribution is -2.09. The summed E-state index contributed by atoms with van der Waals surface area (Å²) in [5.74, 6) is -0.496. The van der Waals surface area contributed by atoms with Gasteiger partial charge >= 0.3 is 11.9 Å². The lowest BCUT2D eigenvalue weighted by Gasteiger charge is -2.10. The second kappa shape index (κ2) is 9.40. The number of carbonyl (C=O) groups excluding carboxylic acids is 2. The summed E-state index contributed by atoms with van der Waals surface area (Å²) in [6.07, 6.45) is 1.60. The van der Waals surface area contributed by atoms with Gasteiger partial charge in [-0.15, -0.1) is 0 Å². The minimum Gasteiger partial charge on any atom is -0.421 e. The third-order valence-corrected chi connectivity index (χ3v) is 5.95. The highest BCUT2D eigenvalue weighted by Gasteiger charge is 2.24. The Kier molecular flexibility index (Phi) is 6.60. The molecule has 0 aromatic heterocycles. The number of carbonyl (C=O) groups is 2. The molecular formula is C24H14Br2ClNO4. The molecule has 0 N–H and O–H groups in total. The topological polar surface area (TPSA) is 65.0 Å². The number of aliphatic imine (C=N–C) groups is 1. The fourth-order valence-corrected chi connectivity index (χ4v) is 4.39. The molecule has 160 valence electrons. The number of esters is 2. The van der Waals surface area contributed by atoms with E-state index in [0.29, 0.717) is 30.8 Å². The number of aryl methyl sites for hydroxylation is 1. The number of benzene rings is 3. The molecule has 0 spiro atoms. The molecule has 3 aromatic rings. The van der Waals surface area contributed by atoms with Crippen LogP contribution in [0.4, 0.5) is 0 Å². The Balaban J connectivity index is 1.58. The highest BCUT2D eigenvalue weighted by atomic mass is 79.9. The van der Waals surface area contributed by atoms with Crippen molar-refractivity contribution in [3.05, 3.63) is 103 Å². The number of nitrogens with zero attached hydrogens (tertiary/aromatic N) is 1. The Labute approximate surface area is 206 Å². The summed E-state index contributed by atoms with van der Waals surface area (Å²) >= 11 is 12.7. The van der Waals surface area contributed by atoms with Gasteiger partial charge in [0.05, 0.1) is 14.5 Å². The highest BCUT2D eigenvalue weighted by molar-refractivity contribution is 9.11. The van der Waals surface area contributed by atoms with Crippen molar-refractivity contribution in [2.24, 2.45) is 4.99 Å². The molecule has 1 heterocycles. The summed E-state index contributed by atoms with van der Waals surface area (Å²) in [7, 11) is 0. The molecule has 0 aliphatic carbocycles. The van der Waals surface area contributed by atoms with Crippen molar-refractivity contribution in [2.45, 2.75) is 6.92 Å². The summed E-state index contributed by atoms with van der Waals surface area (Å²) in [4.78, 5) is 29.0. The summed E-state index contributed by atoms with van der Waals surface area (Å²) in [5, 5.41) is 0.528. The first-order valence-corrected chi connectivity index (χ1v) is 11.3. The Morgan fingerprint density at radius 3 is 2.28 bits per heavy atom. The van der Waals surface area contributed by atoms with Crippen molar-refractivity contribution in [3.63, 3.8) is 0 Å². The molecular weight excluding hydrogens is 562 g/mol. The van der Waals surface area contributed by atoms with Gasteiger partial charge in [0.2, 0.25) is 5.90 Å². The Hall–Kier alpha value is -2.74. The van der Waals surface area contributed by atoms with Crippen LogP contribution in [0.2, 0.25) is 5.02 Å². The molecule has 0 saturated heterocycles. The van der Waals surface area contributed by atoms with Gasteiger partial charge in [0.15, 0.2) is 11.4 Å². The molecule has 1 aliphatic rings. The van der Waals surface area contributed by atoms with Gasteiger partial charge in [0.1, 0.15) is 0 Å². The Morgan fingerprint density at radius 1 is 1.03 bits per heavy atom. The van der Waals surface area contributed by atoms with E-state index < -0.39 is 11.9 Å². The largest absolute Gasteiger partial charge is 0.421 e. The molecule has 0 fully saturated rings. The lowest BCUT2D eigenvalue weighted by atomic mass is 10.1. The maximum absolute atomic E-state index is 12.4. The molecule has 1 aliphatic heterocycles. The van der Waals surface area contributed by atoms with Crippen LogP contribution in [0.1, 0.15) is 27.0 Å². The minimum atomic E-state index is -0.536. The molecule has 32 heavy (non-hydrogen) atoms. The van der Waals surface area contributed by atoms with Crippen molar-refractivity contribution < 1.29 is 19.1 Å². The van der Waals surface area contributed by atoms with Crippen LogP contribution in [0.15, 0.2) is 80.3 Å². The zero-order chi connectivity index (χ0) is 22.8. The summed E-state index contributed by atoms with van der Waals surface area (Å²) < 4.78 is 11.9. The monoisotopic (exact) mass is 573 g/mol. The van der Waals surface area contributed by atoms with Crippen LogP contribution in [0.5, 0.6) is 5.75 Å². The minimum absolute atomic E-state index is 0.172. The number of ether oxygens (including phenoxy) is 2. The number of hydrogen-bond donors (Lipinski definition) is 0. The van der Waals surface area contributed by atoms with E-state index in [1.165, 1.54) is 0 Å². The second-order valence-corrected chi connectivity index (χ2v) is 9.06. The van der Waals surface area contributed by atoms with Crippen LogP contribution in [-0.2, 0) is 9.53 Å².